The zero-order valence-electron chi connectivity index (χ0n) is 11.6. The molecule has 0 saturated heterocycles. The van der Waals surface area contributed by atoms with E-state index in [0.29, 0.717) is 5.75 Å². The van der Waals surface area contributed by atoms with Crippen molar-refractivity contribution in [2.24, 2.45) is 10.5 Å². The highest BCUT2D eigenvalue weighted by Gasteiger charge is 2.28. The number of carbonyl (C=O) groups excluding carboxylic acids is 1. The molecule has 1 aliphatic rings. The van der Waals surface area contributed by atoms with Crippen LogP contribution in [0.25, 0.3) is 0 Å². The number of hydrogen-bond acceptors (Lipinski definition) is 4. The van der Waals surface area contributed by atoms with Crippen LogP contribution in [-0.2, 0) is 0 Å². The van der Waals surface area contributed by atoms with Crippen LogP contribution in [0.2, 0.25) is 0 Å². The van der Waals surface area contributed by atoms with Crippen molar-refractivity contribution >= 4 is 28.4 Å². The van der Waals surface area contributed by atoms with E-state index < -0.39 is 0 Å². The number of amides is 1. The van der Waals surface area contributed by atoms with Crippen LogP contribution in [0, 0.1) is 5.41 Å². The third-order valence-electron chi connectivity index (χ3n) is 2.91. The molecule has 0 fully saturated rings. The Kier molecular flexibility index (Phi) is 3.85. The van der Waals surface area contributed by atoms with Crippen LogP contribution in [0.4, 0.5) is 10.5 Å². The summed E-state index contributed by atoms with van der Waals surface area (Å²) in [5, 5.41) is 5.92. The van der Waals surface area contributed by atoms with E-state index in [4.69, 9.17) is 4.74 Å². The molecule has 0 spiro atoms. The number of anilines is 1. The lowest BCUT2D eigenvalue weighted by Gasteiger charge is -2.29. The lowest BCUT2D eigenvalue weighted by Crippen LogP contribution is -2.35. The van der Waals surface area contributed by atoms with Gasteiger partial charge in [-0.2, -0.15) is 10.1 Å². The summed E-state index contributed by atoms with van der Waals surface area (Å²) < 4.78 is 5.11. The Morgan fingerprint density at radius 2 is 1.89 bits per heavy atom. The first-order valence-corrected chi connectivity index (χ1v) is 7.09. The predicted molar refractivity (Wildman–Crippen MR) is 80.2 cm³/mol. The van der Waals surface area contributed by atoms with Gasteiger partial charge in [-0.05, 0) is 24.3 Å². The number of hydrazone groups is 1. The Bertz CT molecular complexity index is 503. The Morgan fingerprint density at radius 1 is 1.26 bits per heavy atom. The topological polar surface area (TPSA) is 41.9 Å². The summed E-state index contributed by atoms with van der Waals surface area (Å²) in [5.74, 6) is 1.43. The van der Waals surface area contributed by atoms with Crippen molar-refractivity contribution < 1.29 is 9.53 Å². The number of ether oxygens (including phenoxy) is 1. The maximum atomic E-state index is 12.0. The van der Waals surface area contributed by atoms with Gasteiger partial charge >= 0.3 is 5.24 Å². The molecule has 1 aliphatic heterocycles. The standard InChI is InChI=1S/C14H18N2O2S/c1-14(2,3)12-9-19-13(17)16(15-12)10-5-7-11(18-4)8-6-10/h5-8H,9H2,1-4H3. The van der Waals surface area contributed by atoms with E-state index in [-0.39, 0.29) is 10.7 Å². The van der Waals surface area contributed by atoms with Crippen molar-refractivity contribution in [3.63, 3.8) is 0 Å². The zero-order valence-corrected chi connectivity index (χ0v) is 12.5. The molecule has 4 nitrogen and oxygen atoms in total. The van der Waals surface area contributed by atoms with Gasteiger partial charge in [0.05, 0.1) is 18.5 Å². The van der Waals surface area contributed by atoms with E-state index in [1.165, 1.54) is 16.8 Å². The monoisotopic (exact) mass is 278 g/mol. The summed E-state index contributed by atoms with van der Waals surface area (Å²) in [6.07, 6.45) is 0. The molecular formula is C14H18N2O2S. The van der Waals surface area contributed by atoms with E-state index in [1.54, 1.807) is 7.11 Å². The van der Waals surface area contributed by atoms with E-state index in [1.807, 2.05) is 24.3 Å². The number of rotatable bonds is 2. The molecule has 1 heterocycles. The summed E-state index contributed by atoms with van der Waals surface area (Å²) in [7, 11) is 1.62. The van der Waals surface area contributed by atoms with E-state index in [2.05, 4.69) is 25.9 Å². The smallest absolute Gasteiger partial charge is 0.306 e. The largest absolute Gasteiger partial charge is 0.497 e. The molecule has 1 aromatic carbocycles. The van der Waals surface area contributed by atoms with Crippen molar-refractivity contribution in [3.05, 3.63) is 24.3 Å². The molecule has 0 bridgehead atoms. The normalized spacial score (nSPS) is 16.3. The van der Waals surface area contributed by atoms with Crippen LogP contribution < -0.4 is 9.75 Å². The van der Waals surface area contributed by atoms with Gasteiger partial charge in [0.1, 0.15) is 5.75 Å². The number of nitrogens with zero attached hydrogens (tertiary/aromatic N) is 2. The number of methoxy groups -OCH3 is 1. The fraction of sp³-hybridized carbons (Fsp3) is 0.429. The lowest BCUT2D eigenvalue weighted by molar-refractivity contribution is 0.265. The van der Waals surface area contributed by atoms with Crippen molar-refractivity contribution in [3.8, 4) is 5.75 Å². The second-order valence-corrected chi connectivity index (χ2v) is 6.29. The summed E-state index contributed by atoms with van der Waals surface area (Å²) >= 11 is 1.29. The highest BCUT2D eigenvalue weighted by atomic mass is 32.2. The van der Waals surface area contributed by atoms with Gasteiger partial charge in [0.15, 0.2) is 0 Å². The Morgan fingerprint density at radius 3 is 2.42 bits per heavy atom. The first-order valence-electron chi connectivity index (χ1n) is 6.11. The molecule has 0 atom stereocenters. The summed E-state index contributed by atoms with van der Waals surface area (Å²) in [5.41, 5.74) is 1.76. The Balaban J connectivity index is 2.32. The Hall–Kier alpha value is -1.49. The summed E-state index contributed by atoms with van der Waals surface area (Å²) in [4.78, 5) is 12.0. The molecule has 1 amide bonds. The van der Waals surface area contributed by atoms with Gasteiger partial charge in [-0.3, -0.25) is 4.79 Å². The first kappa shape index (κ1) is 13.9. The third kappa shape index (κ3) is 3.10. The molecule has 1 aromatic rings. The average Bonchev–Trinajstić information content (AvgIpc) is 2.38. The van der Waals surface area contributed by atoms with Crippen LogP contribution >= 0.6 is 11.8 Å². The fourth-order valence-corrected chi connectivity index (χ4v) is 2.65. The van der Waals surface area contributed by atoms with Crippen LogP contribution in [0.5, 0.6) is 5.75 Å². The van der Waals surface area contributed by atoms with E-state index >= 15 is 0 Å². The van der Waals surface area contributed by atoms with E-state index in [0.717, 1.165) is 17.1 Å². The molecule has 5 heteroatoms. The predicted octanol–water partition coefficient (Wildman–Crippen LogP) is 3.77. The minimum Gasteiger partial charge on any atom is -0.497 e. The highest BCUT2D eigenvalue weighted by Crippen LogP contribution is 2.30. The number of benzene rings is 1. The van der Waals surface area contributed by atoms with Gasteiger partial charge < -0.3 is 4.74 Å². The number of hydrogen-bond donors (Lipinski definition) is 0. The van der Waals surface area contributed by atoms with Gasteiger partial charge in [0.25, 0.3) is 0 Å². The molecule has 0 aliphatic carbocycles. The summed E-state index contributed by atoms with van der Waals surface area (Å²) in [6, 6.07) is 7.33. The molecule has 19 heavy (non-hydrogen) atoms. The molecule has 0 unspecified atom stereocenters. The van der Waals surface area contributed by atoms with Crippen molar-refractivity contribution in [1.29, 1.82) is 0 Å². The third-order valence-corrected chi connectivity index (χ3v) is 3.75. The second-order valence-electron chi connectivity index (χ2n) is 5.36. The van der Waals surface area contributed by atoms with Gasteiger partial charge in [-0.1, -0.05) is 32.5 Å². The number of thioether (sulfide) groups is 1. The lowest BCUT2D eigenvalue weighted by atomic mass is 9.91. The molecule has 0 aromatic heterocycles. The minimum absolute atomic E-state index is 0.0293. The number of carbonyl (C=O) groups is 1. The van der Waals surface area contributed by atoms with Crippen LogP contribution in [0.1, 0.15) is 20.8 Å². The second kappa shape index (κ2) is 5.25. The quantitative estimate of drug-likeness (QED) is 0.827. The molecule has 0 radical (unpaired) electrons. The van der Waals surface area contributed by atoms with Gasteiger partial charge in [-0.15, -0.1) is 0 Å². The zero-order chi connectivity index (χ0) is 14.0. The van der Waals surface area contributed by atoms with Crippen LogP contribution in [0.15, 0.2) is 29.4 Å². The van der Waals surface area contributed by atoms with Gasteiger partial charge in [0, 0.05) is 11.2 Å². The average molecular weight is 278 g/mol. The minimum atomic E-state index is -0.0434. The highest BCUT2D eigenvalue weighted by molar-refractivity contribution is 8.14. The Labute approximate surface area is 117 Å². The van der Waals surface area contributed by atoms with Crippen molar-refractivity contribution in [1.82, 2.24) is 0 Å². The molecule has 0 N–H and O–H groups in total. The maximum Gasteiger partial charge on any atom is 0.306 e. The summed E-state index contributed by atoms with van der Waals surface area (Å²) in [6.45, 7) is 6.32. The fourth-order valence-electron chi connectivity index (χ4n) is 1.63. The molecule has 2 rings (SSSR count). The first-order chi connectivity index (χ1) is 8.91. The van der Waals surface area contributed by atoms with E-state index in [9.17, 15) is 4.79 Å². The molecular weight excluding hydrogens is 260 g/mol. The van der Waals surface area contributed by atoms with Gasteiger partial charge in [-0.25, -0.2) is 0 Å². The molecule has 102 valence electrons. The SMILES string of the molecule is COc1ccc(N2N=C(C(C)(C)C)CSC2=O)cc1. The molecule has 0 saturated carbocycles. The van der Waals surface area contributed by atoms with Crippen LogP contribution in [0.3, 0.4) is 0 Å². The maximum absolute atomic E-state index is 12.0. The van der Waals surface area contributed by atoms with Crippen molar-refractivity contribution in [2.45, 2.75) is 20.8 Å². The van der Waals surface area contributed by atoms with Crippen molar-refractivity contribution in [2.75, 3.05) is 17.9 Å². The van der Waals surface area contributed by atoms with Gasteiger partial charge in [0.2, 0.25) is 0 Å². The van der Waals surface area contributed by atoms with Crippen LogP contribution in [-0.4, -0.2) is 23.8 Å².